The SMILES string of the molecule is Cc1nn(C(CN)c2cccc(Cl)c2)c(C)c1Br. The summed E-state index contributed by atoms with van der Waals surface area (Å²) in [5, 5.41) is 5.25. The normalized spacial score (nSPS) is 12.7. The molecule has 2 N–H and O–H groups in total. The monoisotopic (exact) mass is 327 g/mol. The van der Waals surface area contributed by atoms with Gasteiger partial charge in [0.15, 0.2) is 0 Å². The van der Waals surface area contributed by atoms with Crippen molar-refractivity contribution in [1.82, 2.24) is 9.78 Å². The van der Waals surface area contributed by atoms with Crippen LogP contribution >= 0.6 is 27.5 Å². The molecule has 0 amide bonds. The molecule has 0 spiro atoms. The van der Waals surface area contributed by atoms with Crippen LogP contribution in [0, 0.1) is 13.8 Å². The maximum atomic E-state index is 6.03. The summed E-state index contributed by atoms with van der Waals surface area (Å²) in [7, 11) is 0. The van der Waals surface area contributed by atoms with Crippen molar-refractivity contribution < 1.29 is 0 Å². The molecule has 2 rings (SSSR count). The topological polar surface area (TPSA) is 43.8 Å². The standard InChI is InChI=1S/C13H15BrClN3/c1-8-13(14)9(2)18(17-8)12(7-16)10-4-3-5-11(15)6-10/h3-6,12H,7,16H2,1-2H3. The van der Waals surface area contributed by atoms with Gasteiger partial charge in [-0.25, -0.2) is 0 Å². The van der Waals surface area contributed by atoms with E-state index in [1.807, 2.05) is 42.8 Å². The summed E-state index contributed by atoms with van der Waals surface area (Å²) in [5.74, 6) is 0. The molecule has 0 bridgehead atoms. The van der Waals surface area contributed by atoms with Crippen LogP contribution in [-0.4, -0.2) is 16.3 Å². The van der Waals surface area contributed by atoms with Gasteiger partial charge in [0.25, 0.3) is 0 Å². The largest absolute Gasteiger partial charge is 0.328 e. The summed E-state index contributed by atoms with van der Waals surface area (Å²) < 4.78 is 2.98. The molecule has 2 aromatic rings. The Labute approximate surface area is 120 Å². The number of aryl methyl sites for hydroxylation is 1. The van der Waals surface area contributed by atoms with E-state index in [1.54, 1.807) is 0 Å². The highest BCUT2D eigenvalue weighted by Crippen LogP contribution is 2.27. The third-order valence-corrected chi connectivity index (χ3v) is 4.37. The predicted molar refractivity (Wildman–Crippen MR) is 78.0 cm³/mol. The Balaban J connectivity index is 2.48. The van der Waals surface area contributed by atoms with Crippen LogP contribution in [-0.2, 0) is 0 Å². The quantitative estimate of drug-likeness (QED) is 0.937. The van der Waals surface area contributed by atoms with Crippen molar-refractivity contribution >= 4 is 27.5 Å². The number of nitrogens with two attached hydrogens (primary N) is 1. The van der Waals surface area contributed by atoms with Crippen molar-refractivity contribution in [1.29, 1.82) is 0 Å². The molecule has 96 valence electrons. The third-order valence-electron chi connectivity index (χ3n) is 2.99. The fourth-order valence-corrected chi connectivity index (χ4v) is 2.50. The average molecular weight is 329 g/mol. The van der Waals surface area contributed by atoms with E-state index in [2.05, 4.69) is 21.0 Å². The van der Waals surface area contributed by atoms with E-state index < -0.39 is 0 Å². The van der Waals surface area contributed by atoms with Gasteiger partial charge in [-0.2, -0.15) is 5.10 Å². The van der Waals surface area contributed by atoms with Crippen LogP contribution in [0.4, 0.5) is 0 Å². The van der Waals surface area contributed by atoms with Gasteiger partial charge in [0, 0.05) is 11.6 Å². The Morgan fingerprint density at radius 2 is 2.17 bits per heavy atom. The summed E-state index contributed by atoms with van der Waals surface area (Å²) in [6.07, 6.45) is 0. The van der Waals surface area contributed by atoms with Crippen LogP contribution in [0.3, 0.4) is 0 Å². The second kappa shape index (κ2) is 5.43. The van der Waals surface area contributed by atoms with Gasteiger partial charge in [-0.3, -0.25) is 4.68 Å². The van der Waals surface area contributed by atoms with Crippen molar-refractivity contribution in [2.45, 2.75) is 19.9 Å². The Kier molecular flexibility index (Phi) is 4.10. The number of benzene rings is 1. The van der Waals surface area contributed by atoms with Gasteiger partial charge in [-0.05, 0) is 47.5 Å². The zero-order valence-electron chi connectivity index (χ0n) is 10.3. The summed E-state index contributed by atoms with van der Waals surface area (Å²) in [5.41, 5.74) is 9.01. The van der Waals surface area contributed by atoms with Gasteiger partial charge < -0.3 is 5.73 Å². The number of aromatic nitrogens is 2. The molecule has 1 unspecified atom stereocenters. The molecule has 3 nitrogen and oxygen atoms in total. The lowest BCUT2D eigenvalue weighted by Gasteiger charge is -2.18. The van der Waals surface area contributed by atoms with Crippen molar-refractivity contribution in [2.24, 2.45) is 5.73 Å². The molecular weight excluding hydrogens is 314 g/mol. The van der Waals surface area contributed by atoms with E-state index in [-0.39, 0.29) is 6.04 Å². The second-order valence-corrected chi connectivity index (χ2v) is 5.47. The highest BCUT2D eigenvalue weighted by molar-refractivity contribution is 9.10. The van der Waals surface area contributed by atoms with E-state index >= 15 is 0 Å². The lowest BCUT2D eigenvalue weighted by Crippen LogP contribution is -2.22. The number of hydrogen-bond acceptors (Lipinski definition) is 2. The molecule has 0 saturated heterocycles. The van der Waals surface area contributed by atoms with E-state index in [0.29, 0.717) is 11.6 Å². The Bertz CT molecular complexity index is 565. The maximum absolute atomic E-state index is 6.03. The van der Waals surface area contributed by atoms with Gasteiger partial charge in [-0.15, -0.1) is 0 Å². The van der Waals surface area contributed by atoms with Crippen LogP contribution < -0.4 is 5.73 Å². The maximum Gasteiger partial charge on any atom is 0.0894 e. The molecule has 0 fully saturated rings. The first kappa shape index (κ1) is 13.6. The molecule has 0 aliphatic rings. The summed E-state index contributed by atoms with van der Waals surface area (Å²) in [6, 6.07) is 7.75. The fraction of sp³-hybridized carbons (Fsp3) is 0.308. The van der Waals surface area contributed by atoms with Crippen molar-refractivity contribution in [3.05, 3.63) is 50.7 Å². The number of rotatable bonds is 3. The second-order valence-electron chi connectivity index (χ2n) is 4.24. The van der Waals surface area contributed by atoms with E-state index in [0.717, 1.165) is 21.4 Å². The average Bonchev–Trinajstić information content (AvgIpc) is 2.59. The Morgan fingerprint density at radius 3 is 2.67 bits per heavy atom. The molecule has 1 aromatic heterocycles. The number of halogens is 2. The first-order chi connectivity index (χ1) is 8.54. The summed E-state index contributed by atoms with van der Waals surface area (Å²) in [4.78, 5) is 0. The highest BCUT2D eigenvalue weighted by atomic mass is 79.9. The van der Waals surface area contributed by atoms with Crippen LogP contribution in [0.15, 0.2) is 28.7 Å². The van der Waals surface area contributed by atoms with E-state index in [4.69, 9.17) is 17.3 Å². The first-order valence-corrected chi connectivity index (χ1v) is 6.88. The molecule has 18 heavy (non-hydrogen) atoms. The molecule has 0 radical (unpaired) electrons. The Morgan fingerprint density at radius 1 is 1.44 bits per heavy atom. The molecule has 1 aromatic carbocycles. The predicted octanol–water partition coefficient (Wildman–Crippen LogP) is 3.46. The lowest BCUT2D eigenvalue weighted by molar-refractivity contribution is 0.516. The van der Waals surface area contributed by atoms with Gasteiger partial charge in [0.05, 0.1) is 21.9 Å². The molecule has 1 atom stereocenters. The first-order valence-electron chi connectivity index (χ1n) is 5.71. The van der Waals surface area contributed by atoms with Gasteiger partial charge in [0.2, 0.25) is 0 Å². The van der Waals surface area contributed by atoms with Crippen LogP contribution in [0.2, 0.25) is 5.02 Å². The van der Waals surface area contributed by atoms with Crippen molar-refractivity contribution in [2.75, 3.05) is 6.54 Å². The zero-order valence-corrected chi connectivity index (χ0v) is 12.7. The highest BCUT2D eigenvalue weighted by Gasteiger charge is 2.18. The van der Waals surface area contributed by atoms with Crippen molar-refractivity contribution in [3.8, 4) is 0 Å². The van der Waals surface area contributed by atoms with Gasteiger partial charge >= 0.3 is 0 Å². The third kappa shape index (κ3) is 2.46. The minimum absolute atomic E-state index is 0.00806. The van der Waals surface area contributed by atoms with Crippen molar-refractivity contribution in [3.63, 3.8) is 0 Å². The van der Waals surface area contributed by atoms with Crippen LogP contribution in [0.5, 0.6) is 0 Å². The van der Waals surface area contributed by atoms with Crippen LogP contribution in [0.25, 0.3) is 0 Å². The van der Waals surface area contributed by atoms with Gasteiger partial charge in [-0.1, -0.05) is 23.7 Å². The summed E-state index contributed by atoms with van der Waals surface area (Å²) in [6.45, 7) is 4.48. The molecule has 1 heterocycles. The van der Waals surface area contributed by atoms with Gasteiger partial charge in [0.1, 0.15) is 0 Å². The molecule has 0 saturated carbocycles. The van der Waals surface area contributed by atoms with Crippen LogP contribution in [0.1, 0.15) is 23.0 Å². The zero-order chi connectivity index (χ0) is 13.3. The molecular formula is C13H15BrClN3. The minimum Gasteiger partial charge on any atom is -0.328 e. The molecule has 0 aliphatic heterocycles. The molecule has 5 heteroatoms. The van der Waals surface area contributed by atoms with E-state index in [1.165, 1.54) is 0 Å². The number of hydrogen-bond donors (Lipinski definition) is 1. The smallest absolute Gasteiger partial charge is 0.0894 e. The fourth-order valence-electron chi connectivity index (χ4n) is 2.04. The lowest BCUT2D eigenvalue weighted by atomic mass is 10.1. The minimum atomic E-state index is 0.00806. The summed E-state index contributed by atoms with van der Waals surface area (Å²) >= 11 is 9.56. The van der Waals surface area contributed by atoms with E-state index in [9.17, 15) is 0 Å². The molecule has 0 aliphatic carbocycles. The Hall–Kier alpha value is -0.840. The number of nitrogens with zero attached hydrogens (tertiary/aromatic N) is 2.